The highest BCUT2D eigenvalue weighted by molar-refractivity contribution is 5.92. The standard InChI is InChI=1S/C20H17F4N3O8/c1-34-20(33)26-11-3-2-4-27(19(11)32)7-14(29)25-12(6-15(30)31)13(28)8-35-18-16(23)9(21)5-10(22)17(18)24/h2-5,12H,6-8H2,1H3,(H,25,29)(H,26,33)(H,30,31)/t12-/m0/s1. The van der Waals surface area contributed by atoms with E-state index in [9.17, 15) is 41.5 Å². The number of rotatable bonds is 10. The molecule has 0 aliphatic rings. The number of methoxy groups -OCH3 is 1. The third-order valence-corrected chi connectivity index (χ3v) is 4.29. The summed E-state index contributed by atoms with van der Waals surface area (Å²) in [5.41, 5.74) is -1.08. The van der Waals surface area contributed by atoms with Crippen molar-refractivity contribution < 1.29 is 51.3 Å². The molecule has 2 aromatic rings. The van der Waals surface area contributed by atoms with E-state index in [2.05, 4.69) is 14.8 Å². The quantitative estimate of drug-likeness (QED) is 0.323. The Morgan fingerprint density at radius 2 is 1.74 bits per heavy atom. The molecule has 1 aromatic heterocycles. The number of pyridine rings is 1. The van der Waals surface area contributed by atoms with Gasteiger partial charge in [0.15, 0.2) is 23.2 Å². The average molecular weight is 503 g/mol. The summed E-state index contributed by atoms with van der Waals surface area (Å²) in [5, 5.41) is 13.1. The third kappa shape index (κ3) is 7.02. The largest absolute Gasteiger partial charge is 0.481 e. The van der Waals surface area contributed by atoms with Crippen LogP contribution in [-0.2, 0) is 25.7 Å². The number of amides is 2. The number of anilines is 1. The highest BCUT2D eigenvalue weighted by Gasteiger charge is 2.27. The number of benzene rings is 1. The van der Waals surface area contributed by atoms with E-state index in [0.717, 1.165) is 17.9 Å². The Labute approximate surface area is 193 Å². The monoisotopic (exact) mass is 503 g/mol. The fourth-order valence-corrected chi connectivity index (χ4v) is 2.65. The second-order valence-electron chi connectivity index (χ2n) is 6.74. The third-order valence-electron chi connectivity index (χ3n) is 4.29. The summed E-state index contributed by atoms with van der Waals surface area (Å²) >= 11 is 0. The molecule has 2 rings (SSSR count). The van der Waals surface area contributed by atoms with Crippen molar-refractivity contribution in [2.75, 3.05) is 19.0 Å². The summed E-state index contributed by atoms with van der Waals surface area (Å²) < 4.78 is 63.6. The van der Waals surface area contributed by atoms with Crippen molar-refractivity contribution in [3.8, 4) is 5.75 Å². The molecule has 0 bridgehead atoms. The fourth-order valence-electron chi connectivity index (χ4n) is 2.65. The Bertz CT molecular complexity index is 1190. The molecule has 0 saturated carbocycles. The zero-order valence-corrected chi connectivity index (χ0v) is 17.8. The zero-order chi connectivity index (χ0) is 26.3. The van der Waals surface area contributed by atoms with Gasteiger partial charge in [-0.15, -0.1) is 0 Å². The molecule has 2 amide bonds. The Balaban J connectivity index is 2.13. The smallest absolute Gasteiger partial charge is 0.411 e. The van der Waals surface area contributed by atoms with Gasteiger partial charge in [0, 0.05) is 12.3 Å². The van der Waals surface area contributed by atoms with E-state index in [-0.39, 0.29) is 11.8 Å². The first-order valence-corrected chi connectivity index (χ1v) is 9.48. The molecule has 0 aliphatic carbocycles. The van der Waals surface area contributed by atoms with Gasteiger partial charge < -0.3 is 24.5 Å². The van der Waals surface area contributed by atoms with Crippen LogP contribution in [0, 0.1) is 23.3 Å². The SMILES string of the molecule is COC(=O)Nc1cccn(CC(=O)N[C@@H](CC(=O)O)C(=O)COc2c(F)c(F)cc(F)c2F)c1=O. The number of hydrogen-bond donors (Lipinski definition) is 3. The van der Waals surface area contributed by atoms with Crippen LogP contribution in [0.5, 0.6) is 5.75 Å². The lowest BCUT2D eigenvalue weighted by Crippen LogP contribution is -2.46. The van der Waals surface area contributed by atoms with Crippen LogP contribution in [0.4, 0.5) is 28.0 Å². The Morgan fingerprint density at radius 3 is 2.31 bits per heavy atom. The summed E-state index contributed by atoms with van der Waals surface area (Å²) in [6, 6.07) is 0.644. The molecule has 1 atom stereocenters. The minimum absolute atomic E-state index is 0.0789. The lowest BCUT2D eigenvalue weighted by atomic mass is 10.1. The van der Waals surface area contributed by atoms with Gasteiger partial charge in [-0.2, -0.15) is 8.78 Å². The molecule has 11 nitrogen and oxygen atoms in total. The molecule has 3 N–H and O–H groups in total. The highest BCUT2D eigenvalue weighted by Crippen LogP contribution is 2.26. The molecule has 0 aliphatic heterocycles. The van der Waals surface area contributed by atoms with E-state index in [4.69, 9.17) is 5.11 Å². The van der Waals surface area contributed by atoms with Crippen molar-refractivity contribution in [2.24, 2.45) is 0 Å². The van der Waals surface area contributed by atoms with Crippen molar-refractivity contribution in [3.05, 3.63) is 58.0 Å². The van der Waals surface area contributed by atoms with E-state index in [1.54, 1.807) is 0 Å². The molecule has 1 aromatic carbocycles. The molecule has 188 valence electrons. The van der Waals surface area contributed by atoms with Gasteiger partial charge in [-0.1, -0.05) is 0 Å². The topological polar surface area (TPSA) is 153 Å². The number of ether oxygens (including phenoxy) is 2. The van der Waals surface area contributed by atoms with Crippen molar-refractivity contribution in [1.29, 1.82) is 0 Å². The van der Waals surface area contributed by atoms with Gasteiger partial charge in [0.2, 0.25) is 17.5 Å². The lowest BCUT2D eigenvalue weighted by molar-refractivity contribution is -0.140. The molecule has 0 fully saturated rings. The number of aromatic nitrogens is 1. The number of carboxylic acids is 1. The van der Waals surface area contributed by atoms with Crippen molar-refractivity contribution in [2.45, 2.75) is 19.0 Å². The minimum atomic E-state index is -1.92. The van der Waals surface area contributed by atoms with Gasteiger partial charge in [-0.3, -0.25) is 24.5 Å². The second kappa shape index (κ2) is 11.6. The van der Waals surface area contributed by atoms with E-state index in [1.807, 2.05) is 5.32 Å². The Hall–Kier alpha value is -4.43. The fraction of sp³-hybridized carbons (Fsp3) is 0.250. The van der Waals surface area contributed by atoms with Crippen LogP contribution in [0.1, 0.15) is 6.42 Å². The Kier molecular flexibility index (Phi) is 8.91. The van der Waals surface area contributed by atoms with Crippen LogP contribution >= 0.6 is 0 Å². The molecule has 0 saturated heterocycles. The summed E-state index contributed by atoms with van der Waals surface area (Å²) in [5.74, 6) is -12.8. The normalized spacial score (nSPS) is 11.3. The van der Waals surface area contributed by atoms with Crippen molar-refractivity contribution >= 4 is 29.4 Å². The van der Waals surface area contributed by atoms with E-state index < -0.39 is 83.9 Å². The number of halogens is 4. The maximum absolute atomic E-state index is 13.7. The lowest BCUT2D eigenvalue weighted by Gasteiger charge is -2.17. The van der Waals surface area contributed by atoms with Gasteiger partial charge in [0.1, 0.15) is 24.9 Å². The first-order chi connectivity index (χ1) is 16.4. The van der Waals surface area contributed by atoms with E-state index >= 15 is 0 Å². The van der Waals surface area contributed by atoms with Crippen LogP contribution in [0.25, 0.3) is 0 Å². The van der Waals surface area contributed by atoms with Gasteiger partial charge in [0.25, 0.3) is 5.56 Å². The second-order valence-corrected chi connectivity index (χ2v) is 6.74. The first kappa shape index (κ1) is 26.8. The van der Waals surface area contributed by atoms with Crippen LogP contribution in [0.2, 0.25) is 0 Å². The summed E-state index contributed by atoms with van der Waals surface area (Å²) in [7, 11) is 1.06. The number of carbonyl (C=O) groups is 4. The summed E-state index contributed by atoms with van der Waals surface area (Å²) in [6.45, 7) is -1.98. The number of nitrogens with zero attached hydrogens (tertiary/aromatic N) is 1. The van der Waals surface area contributed by atoms with Crippen LogP contribution in [0.3, 0.4) is 0 Å². The van der Waals surface area contributed by atoms with E-state index in [0.29, 0.717) is 0 Å². The molecule has 0 radical (unpaired) electrons. The molecule has 0 unspecified atom stereocenters. The number of nitrogens with one attached hydrogen (secondary N) is 2. The number of Topliss-reactive ketones (excluding diaryl/α,β-unsaturated/α-hetero) is 1. The molecule has 1 heterocycles. The number of hydrogen-bond acceptors (Lipinski definition) is 7. The molecular formula is C20H17F4N3O8. The van der Waals surface area contributed by atoms with Crippen molar-refractivity contribution in [3.63, 3.8) is 0 Å². The van der Waals surface area contributed by atoms with Gasteiger partial charge in [-0.25, -0.2) is 13.6 Å². The molecule has 35 heavy (non-hydrogen) atoms. The maximum atomic E-state index is 13.7. The average Bonchev–Trinajstić information content (AvgIpc) is 2.79. The van der Waals surface area contributed by atoms with Crippen LogP contribution in [0.15, 0.2) is 29.2 Å². The van der Waals surface area contributed by atoms with Crippen LogP contribution < -0.4 is 20.9 Å². The maximum Gasteiger partial charge on any atom is 0.411 e. The highest BCUT2D eigenvalue weighted by atomic mass is 19.2. The number of aliphatic carboxylic acids is 1. The number of carboxylic acid groups (broad SMARTS) is 1. The van der Waals surface area contributed by atoms with Gasteiger partial charge in [0.05, 0.1) is 13.5 Å². The predicted octanol–water partition coefficient (Wildman–Crippen LogP) is 1.19. The van der Waals surface area contributed by atoms with Gasteiger partial charge >= 0.3 is 12.1 Å². The Morgan fingerprint density at radius 1 is 1.11 bits per heavy atom. The van der Waals surface area contributed by atoms with E-state index in [1.165, 1.54) is 12.1 Å². The number of ketones is 1. The molecular weight excluding hydrogens is 486 g/mol. The first-order valence-electron chi connectivity index (χ1n) is 9.48. The minimum Gasteiger partial charge on any atom is -0.481 e. The van der Waals surface area contributed by atoms with Crippen molar-refractivity contribution in [1.82, 2.24) is 9.88 Å². The summed E-state index contributed by atoms with van der Waals surface area (Å²) in [6.07, 6.45) is -0.789. The van der Waals surface area contributed by atoms with Gasteiger partial charge in [-0.05, 0) is 12.1 Å². The summed E-state index contributed by atoms with van der Waals surface area (Å²) in [4.78, 5) is 59.4. The molecule has 15 heteroatoms. The zero-order valence-electron chi connectivity index (χ0n) is 17.8. The predicted molar refractivity (Wildman–Crippen MR) is 108 cm³/mol. The molecule has 0 spiro atoms. The number of carbonyl (C=O) groups excluding carboxylic acids is 3. The van der Waals surface area contributed by atoms with Crippen LogP contribution in [-0.4, -0.2) is 53.2 Å².